The lowest BCUT2D eigenvalue weighted by Gasteiger charge is -2.10. The molecule has 0 atom stereocenters. The number of benzene rings is 1. The van der Waals surface area contributed by atoms with Gasteiger partial charge in [-0.3, -0.25) is 0 Å². The highest BCUT2D eigenvalue weighted by Gasteiger charge is 2.12. The summed E-state index contributed by atoms with van der Waals surface area (Å²) in [5.41, 5.74) is 1.86. The van der Waals surface area contributed by atoms with Crippen LogP contribution in [0.2, 0.25) is 0 Å². The SMILES string of the molecule is Cc1cccc(C)c1Oc1nc(OCl)nc(OCl)n1. The van der Waals surface area contributed by atoms with Gasteiger partial charge in [-0.2, -0.15) is 0 Å². The molecule has 0 unspecified atom stereocenters. The van der Waals surface area contributed by atoms with Gasteiger partial charge in [-0.05, 0) is 25.0 Å². The smallest absolute Gasteiger partial charge is 0.344 e. The second-order valence-corrected chi connectivity index (χ2v) is 3.97. The fraction of sp³-hybridized carbons (Fsp3) is 0.182. The summed E-state index contributed by atoms with van der Waals surface area (Å²) < 4.78 is 14.4. The molecule has 1 heterocycles. The minimum atomic E-state index is -0.173. The van der Waals surface area contributed by atoms with Gasteiger partial charge in [-0.1, -0.05) is 18.2 Å². The van der Waals surface area contributed by atoms with E-state index in [9.17, 15) is 0 Å². The van der Waals surface area contributed by atoms with Crippen LogP contribution in [0.4, 0.5) is 0 Å². The first-order chi connectivity index (χ1) is 9.13. The van der Waals surface area contributed by atoms with Crippen LogP contribution >= 0.6 is 23.7 Å². The van der Waals surface area contributed by atoms with Crippen LogP contribution in [0, 0.1) is 13.8 Å². The molecule has 1 aromatic carbocycles. The van der Waals surface area contributed by atoms with Crippen LogP contribution in [0.3, 0.4) is 0 Å². The maximum absolute atomic E-state index is 5.59. The molecule has 0 radical (unpaired) electrons. The summed E-state index contributed by atoms with van der Waals surface area (Å²) in [6.07, 6.45) is 0. The van der Waals surface area contributed by atoms with E-state index in [-0.39, 0.29) is 18.0 Å². The summed E-state index contributed by atoms with van der Waals surface area (Å²) >= 11 is 10.4. The monoisotopic (exact) mass is 301 g/mol. The van der Waals surface area contributed by atoms with Gasteiger partial charge < -0.3 is 13.3 Å². The number of hydrogen-bond acceptors (Lipinski definition) is 6. The van der Waals surface area contributed by atoms with E-state index >= 15 is 0 Å². The molecule has 2 rings (SSSR count). The van der Waals surface area contributed by atoms with Crippen molar-refractivity contribution in [3.63, 3.8) is 0 Å². The zero-order chi connectivity index (χ0) is 13.8. The fourth-order valence-electron chi connectivity index (χ4n) is 1.49. The van der Waals surface area contributed by atoms with Gasteiger partial charge in [-0.15, -0.1) is 15.0 Å². The molecule has 6 nitrogen and oxygen atoms in total. The van der Waals surface area contributed by atoms with Crippen molar-refractivity contribution in [2.75, 3.05) is 0 Å². The maximum Gasteiger partial charge on any atom is 0.344 e. The molecule has 0 fully saturated rings. The number of ether oxygens (including phenoxy) is 1. The van der Waals surface area contributed by atoms with E-state index in [4.69, 9.17) is 28.5 Å². The molecule has 19 heavy (non-hydrogen) atoms. The third-order valence-corrected chi connectivity index (χ3v) is 2.59. The number of aromatic nitrogens is 3. The van der Waals surface area contributed by atoms with E-state index in [1.165, 1.54) is 0 Å². The van der Waals surface area contributed by atoms with Crippen molar-refractivity contribution >= 4 is 23.7 Å². The predicted octanol–water partition coefficient (Wildman–Crippen LogP) is 3.35. The Kier molecular flexibility index (Phi) is 4.24. The molecule has 100 valence electrons. The first-order valence-electron chi connectivity index (χ1n) is 5.21. The van der Waals surface area contributed by atoms with Gasteiger partial charge in [0.25, 0.3) is 0 Å². The molecule has 0 aliphatic heterocycles. The maximum atomic E-state index is 5.59. The van der Waals surface area contributed by atoms with Gasteiger partial charge in [0.05, 0.1) is 0 Å². The Hall–Kier alpha value is -1.79. The van der Waals surface area contributed by atoms with Crippen molar-refractivity contribution in [2.45, 2.75) is 13.8 Å². The van der Waals surface area contributed by atoms with Crippen LogP contribution in [0.25, 0.3) is 0 Å². The quantitative estimate of drug-likeness (QED) is 0.863. The van der Waals surface area contributed by atoms with Crippen molar-refractivity contribution in [1.29, 1.82) is 0 Å². The van der Waals surface area contributed by atoms with Crippen LogP contribution < -0.4 is 13.3 Å². The molecular weight excluding hydrogens is 293 g/mol. The Morgan fingerprint density at radius 3 is 1.79 bits per heavy atom. The third-order valence-electron chi connectivity index (χ3n) is 2.31. The van der Waals surface area contributed by atoms with Gasteiger partial charge >= 0.3 is 18.0 Å². The zero-order valence-corrected chi connectivity index (χ0v) is 11.6. The normalized spacial score (nSPS) is 10.1. The van der Waals surface area contributed by atoms with Crippen LogP contribution in [-0.4, -0.2) is 15.0 Å². The molecule has 0 aliphatic carbocycles. The van der Waals surface area contributed by atoms with Gasteiger partial charge in [0, 0.05) is 0 Å². The van der Waals surface area contributed by atoms with Crippen molar-refractivity contribution in [1.82, 2.24) is 15.0 Å². The topological polar surface area (TPSA) is 66.4 Å². The summed E-state index contributed by atoms with van der Waals surface area (Å²) in [4.78, 5) is 11.3. The van der Waals surface area contributed by atoms with E-state index in [1.807, 2.05) is 32.0 Å². The second-order valence-electron chi connectivity index (χ2n) is 3.66. The van der Waals surface area contributed by atoms with E-state index in [0.717, 1.165) is 11.1 Å². The molecule has 1 aromatic heterocycles. The number of nitrogens with zero attached hydrogens (tertiary/aromatic N) is 3. The highest BCUT2D eigenvalue weighted by Crippen LogP contribution is 2.28. The molecule has 8 heteroatoms. The number of hydrogen-bond donors (Lipinski definition) is 0. The average molecular weight is 302 g/mol. The Morgan fingerprint density at radius 2 is 1.32 bits per heavy atom. The molecule has 0 N–H and O–H groups in total. The van der Waals surface area contributed by atoms with Crippen LogP contribution in [0.1, 0.15) is 11.1 Å². The first kappa shape index (κ1) is 13.6. The van der Waals surface area contributed by atoms with Gasteiger partial charge in [0.2, 0.25) is 0 Å². The molecule has 2 aromatic rings. The minimum absolute atomic E-state index is 0.0290. The van der Waals surface area contributed by atoms with Crippen LogP contribution in [0.5, 0.6) is 23.8 Å². The first-order valence-corrected chi connectivity index (χ1v) is 5.83. The van der Waals surface area contributed by atoms with Gasteiger partial charge in [0.15, 0.2) is 0 Å². The standard InChI is InChI=1S/C11H9Cl2N3O3/c1-6-4-3-5-7(2)8(6)17-9-14-10(18-12)16-11(15-9)19-13/h3-5H,1-2H3. The molecule has 0 amide bonds. The average Bonchev–Trinajstić information content (AvgIpc) is 2.42. The summed E-state index contributed by atoms with van der Waals surface area (Å²) in [5, 5.41) is 0. The largest absolute Gasteiger partial charge is 0.423 e. The van der Waals surface area contributed by atoms with Gasteiger partial charge in [0.1, 0.15) is 29.5 Å². The Bertz CT molecular complexity index is 553. The third kappa shape index (κ3) is 3.15. The van der Waals surface area contributed by atoms with E-state index in [1.54, 1.807) is 0 Å². The van der Waals surface area contributed by atoms with Crippen molar-refractivity contribution in [3.8, 4) is 23.8 Å². The van der Waals surface area contributed by atoms with Gasteiger partial charge in [-0.25, -0.2) is 0 Å². The van der Waals surface area contributed by atoms with Crippen molar-refractivity contribution in [3.05, 3.63) is 29.3 Å². The van der Waals surface area contributed by atoms with E-state index < -0.39 is 0 Å². The molecule has 0 saturated carbocycles. The zero-order valence-electron chi connectivity index (χ0n) is 10.1. The fourth-order valence-corrected chi connectivity index (χ4v) is 1.62. The molecular formula is C11H9Cl2N3O3. The molecule has 0 aliphatic rings. The van der Waals surface area contributed by atoms with Crippen molar-refractivity contribution < 1.29 is 13.3 Å². The number of halogens is 2. The van der Waals surface area contributed by atoms with Crippen molar-refractivity contribution in [2.24, 2.45) is 0 Å². The number of rotatable bonds is 4. The van der Waals surface area contributed by atoms with Crippen LogP contribution in [-0.2, 0) is 0 Å². The summed E-state index contributed by atoms with van der Waals surface area (Å²) in [5.74, 6) is 0.634. The summed E-state index contributed by atoms with van der Waals surface area (Å²) in [7, 11) is 0. The highest BCUT2D eigenvalue weighted by atomic mass is 35.5. The lowest BCUT2D eigenvalue weighted by atomic mass is 10.1. The molecule has 0 bridgehead atoms. The number of para-hydroxylation sites is 1. The summed E-state index contributed by atoms with van der Waals surface area (Å²) in [6, 6.07) is 5.36. The molecule has 0 spiro atoms. The minimum Gasteiger partial charge on any atom is -0.423 e. The summed E-state index contributed by atoms with van der Waals surface area (Å²) in [6.45, 7) is 3.81. The number of aryl methyl sites for hydroxylation is 2. The van der Waals surface area contributed by atoms with E-state index in [2.05, 4.69) is 23.5 Å². The Morgan fingerprint density at radius 1 is 0.842 bits per heavy atom. The second kappa shape index (κ2) is 5.90. The Balaban J connectivity index is 2.37. The predicted molar refractivity (Wildman–Crippen MR) is 68.8 cm³/mol. The molecule has 0 saturated heterocycles. The lowest BCUT2D eigenvalue weighted by molar-refractivity contribution is 0.402. The lowest BCUT2D eigenvalue weighted by Crippen LogP contribution is -2.00. The Labute approximate surface area is 119 Å². The van der Waals surface area contributed by atoms with E-state index in [0.29, 0.717) is 5.75 Å². The highest BCUT2D eigenvalue weighted by molar-refractivity contribution is 6.09. The van der Waals surface area contributed by atoms with Crippen LogP contribution in [0.15, 0.2) is 18.2 Å².